The van der Waals surface area contributed by atoms with Crippen LogP contribution in [0.5, 0.6) is 0 Å². The molecule has 0 spiro atoms. The van der Waals surface area contributed by atoms with Gasteiger partial charge in [0.05, 0.1) is 12.6 Å². The number of halogens is 1. The van der Waals surface area contributed by atoms with Crippen LogP contribution in [0.1, 0.15) is 18.9 Å². The maximum absolute atomic E-state index is 14.2. The van der Waals surface area contributed by atoms with E-state index in [1.807, 2.05) is 6.92 Å². The molecule has 1 saturated heterocycles. The van der Waals surface area contributed by atoms with E-state index in [0.717, 1.165) is 12.1 Å². The molecule has 1 fully saturated rings. The molecule has 0 bridgehead atoms. The number of nitrogens with one attached hydrogen (secondary N) is 1. The molecule has 2 rings (SSSR count). The van der Waals surface area contributed by atoms with E-state index in [2.05, 4.69) is 5.32 Å². The third kappa shape index (κ3) is 3.60. The highest BCUT2D eigenvalue weighted by atomic mass is 32.2. The van der Waals surface area contributed by atoms with Crippen LogP contribution in [0, 0.1) is 5.82 Å². The Labute approximate surface area is 125 Å². The first kappa shape index (κ1) is 16.4. The maximum atomic E-state index is 14.2. The highest BCUT2D eigenvalue weighted by molar-refractivity contribution is 7.89. The van der Waals surface area contributed by atoms with E-state index in [1.54, 1.807) is 6.07 Å². The first-order chi connectivity index (χ1) is 9.96. The zero-order valence-corrected chi connectivity index (χ0v) is 13.1. The van der Waals surface area contributed by atoms with Crippen molar-refractivity contribution in [1.82, 2.24) is 9.62 Å². The lowest BCUT2D eigenvalue weighted by Gasteiger charge is -2.23. The van der Waals surface area contributed by atoms with Crippen molar-refractivity contribution >= 4 is 10.0 Å². The molecule has 5 nitrogen and oxygen atoms in total. The Balaban J connectivity index is 2.23. The number of nitrogens with zero attached hydrogens (tertiary/aromatic N) is 1. The van der Waals surface area contributed by atoms with Crippen molar-refractivity contribution < 1.29 is 17.5 Å². The van der Waals surface area contributed by atoms with Crippen molar-refractivity contribution in [2.75, 3.05) is 26.8 Å². The second-order valence-corrected chi connectivity index (χ2v) is 7.05. The summed E-state index contributed by atoms with van der Waals surface area (Å²) >= 11 is 0. The number of sulfonamides is 1. The molecule has 1 N–H and O–H groups in total. The van der Waals surface area contributed by atoms with Gasteiger partial charge in [-0.15, -0.1) is 0 Å². The smallest absolute Gasteiger partial charge is 0.246 e. The van der Waals surface area contributed by atoms with Crippen LogP contribution >= 0.6 is 0 Å². The minimum atomic E-state index is -3.83. The first-order valence-corrected chi connectivity index (χ1v) is 8.45. The minimum absolute atomic E-state index is 0.226. The SMILES string of the molecule is CCNCc1ccc(S(=O)(=O)N(C)C2CCOC2)c(F)c1. The van der Waals surface area contributed by atoms with Gasteiger partial charge in [0, 0.05) is 20.2 Å². The standard InChI is InChI=1S/C14H21FN2O3S/c1-3-16-9-11-4-5-14(13(15)8-11)21(18,19)17(2)12-6-7-20-10-12/h4-5,8,12,16H,3,6-7,9-10H2,1-2H3. The molecule has 1 atom stereocenters. The molecule has 0 saturated carbocycles. The van der Waals surface area contributed by atoms with Crippen molar-refractivity contribution in [3.05, 3.63) is 29.6 Å². The van der Waals surface area contributed by atoms with Gasteiger partial charge in [0.25, 0.3) is 0 Å². The molecule has 0 radical (unpaired) electrons. The molecule has 0 aromatic heterocycles. The highest BCUT2D eigenvalue weighted by Gasteiger charge is 2.32. The molecule has 118 valence electrons. The lowest BCUT2D eigenvalue weighted by Crippen LogP contribution is -2.37. The van der Waals surface area contributed by atoms with Gasteiger partial charge in [-0.2, -0.15) is 4.31 Å². The van der Waals surface area contributed by atoms with Crippen LogP contribution in [0.25, 0.3) is 0 Å². The molecule has 0 aliphatic carbocycles. The molecule has 1 aliphatic heterocycles. The maximum Gasteiger partial charge on any atom is 0.246 e. The van der Waals surface area contributed by atoms with Crippen LogP contribution in [0.4, 0.5) is 4.39 Å². The summed E-state index contributed by atoms with van der Waals surface area (Å²) in [5.74, 6) is -0.712. The lowest BCUT2D eigenvalue weighted by molar-refractivity contribution is 0.180. The Morgan fingerprint density at radius 3 is 2.81 bits per heavy atom. The average molecular weight is 316 g/mol. The molecule has 7 heteroatoms. The van der Waals surface area contributed by atoms with Crippen molar-refractivity contribution in [2.45, 2.75) is 30.8 Å². The van der Waals surface area contributed by atoms with Gasteiger partial charge in [-0.05, 0) is 30.7 Å². The average Bonchev–Trinajstić information content (AvgIpc) is 2.98. The predicted octanol–water partition coefficient (Wildman–Crippen LogP) is 1.34. The van der Waals surface area contributed by atoms with E-state index in [9.17, 15) is 12.8 Å². The molecule has 1 unspecified atom stereocenters. The van der Waals surface area contributed by atoms with Gasteiger partial charge in [0.2, 0.25) is 10.0 Å². The predicted molar refractivity (Wildman–Crippen MR) is 78.0 cm³/mol. The summed E-state index contributed by atoms with van der Waals surface area (Å²) in [6.45, 7) is 4.13. The van der Waals surface area contributed by atoms with Gasteiger partial charge in [0.15, 0.2) is 0 Å². The fraction of sp³-hybridized carbons (Fsp3) is 0.571. The first-order valence-electron chi connectivity index (χ1n) is 7.01. The van der Waals surface area contributed by atoms with E-state index in [-0.39, 0.29) is 10.9 Å². The van der Waals surface area contributed by atoms with E-state index < -0.39 is 15.8 Å². The van der Waals surface area contributed by atoms with Crippen LogP contribution in [0.15, 0.2) is 23.1 Å². The van der Waals surface area contributed by atoms with E-state index in [1.165, 1.54) is 23.5 Å². The second-order valence-electron chi connectivity index (χ2n) is 5.08. The highest BCUT2D eigenvalue weighted by Crippen LogP contribution is 2.23. The number of hydrogen-bond acceptors (Lipinski definition) is 4. The summed E-state index contributed by atoms with van der Waals surface area (Å²) in [4.78, 5) is -0.280. The van der Waals surface area contributed by atoms with Crippen LogP contribution < -0.4 is 5.32 Å². The van der Waals surface area contributed by atoms with Gasteiger partial charge in [-0.25, -0.2) is 12.8 Å². The van der Waals surface area contributed by atoms with Crippen LogP contribution in [-0.2, 0) is 21.3 Å². The van der Waals surface area contributed by atoms with Gasteiger partial charge in [-0.1, -0.05) is 13.0 Å². The topological polar surface area (TPSA) is 58.6 Å². The van der Waals surface area contributed by atoms with Crippen LogP contribution in [-0.4, -0.2) is 45.6 Å². The molecule has 0 amide bonds. The van der Waals surface area contributed by atoms with Crippen molar-refractivity contribution in [1.29, 1.82) is 0 Å². The summed E-state index contributed by atoms with van der Waals surface area (Å²) in [6, 6.07) is 4.02. The fourth-order valence-corrected chi connectivity index (χ4v) is 3.71. The van der Waals surface area contributed by atoms with E-state index in [0.29, 0.717) is 26.2 Å². The minimum Gasteiger partial charge on any atom is -0.380 e. The quantitative estimate of drug-likeness (QED) is 0.860. The largest absolute Gasteiger partial charge is 0.380 e. The number of ether oxygens (including phenoxy) is 1. The number of hydrogen-bond donors (Lipinski definition) is 1. The number of benzene rings is 1. The van der Waals surface area contributed by atoms with Crippen LogP contribution in [0.3, 0.4) is 0 Å². The van der Waals surface area contributed by atoms with Gasteiger partial charge < -0.3 is 10.1 Å². The fourth-order valence-electron chi connectivity index (χ4n) is 2.29. The van der Waals surface area contributed by atoms with Gasteiger partial charge >= 0.3 is 0 Å². The summed E-state index contributed by atoms with van der Waals surface area (Å²) < 4.78 is 45.5. The Kier molecular flexibility index (Phi) is 5.32. The molecule has 1 aromatic rings. The number of likely N-dealkylation sites (N-methyl/N-ethyl adjacent to an activating group) is 1. The number of rotatable bonds is 6. The molecular weight excluding hydrogens is 295 g/mol. The molecule has 1 aliphatic rings. The Morgan fingerprint density at radius 1 is 1.48 bits per heavy atom. The third-order valence-electron chi connectivity index (χ3n) is 3.65. The van der Waals surface area contributed by atoms with Gasteiger partial charge in [0.1, 0.15) is 10.7 Å². The summed E-state index contributed by atoms with van der Waals surface area (Å²) in [7, 11) is -2.36. The van der Waals surface area contributed by atoms with E-state index >= 15 is 0 Å². The Morgan fingerprint density at radius 2 is 2.24 bits per heavy atom. The zero-order chi connectivity index (χ0) is 15.5. The molecule has 1 heterocycles. The molecular formula is C14H21FN2O3S. The van der Waals surface area contributed by atoms with Crippen LogP contribution in [0.2, 0.25) is 0 Å². The van der Waals surface area contributed by atoms with Crippen molar-refractivity contribution in [3.8, 4) is 0 Å². The Hall–Kier alpha value is -1.02. The zero-order valence-electron chi connectivity index (χ0n) is 12.3. The lowest BCUT2D eigenvalue weighted by atomic mass is 10.2. The van der Waals surface area contributed by atoms with Gasteiger partial charge in [-0.3, -0.25) is 0 Å². The van der Waals surface area contributed by atoms with Crippen molar-refractivity contribution in [2.24, 2.45) is 0 Å². The van der Waals surface area contributed by atoms with E-state index in [4.69, 9.17) is 4.74 Å². The molecule has 21 heavy (non-hydrogen) atoms. The third-order valence-corrected chi connectivity index (χ3v) is 5.60. The monoisotopic (exact) mass is 316 g/mol. The summed E-state index contributed by atoms with van der Waals surface area (Å²) in [5.41, 5.74) is 0.722. The van der Waals surface area contributed by atoms with Crippen molar-refractivity contribution in [3.63, 3.8) is 0 Å². The normalized spacial score (nSPS) is 19.3. The summed E-state index contributed by atoms with van der Waals surface area (Å²) in [6.07, 6.45) is 0.635. The Bertz CT molecular complexity index is 586. The molecule has 1 aromatic carbocycles. The summed E-state index contributed by atoms with van der Waals surface area (Å²) in [5, 5.41) is 3.07. The second kappa shape index (κ2) is 6.83.